The molecular weight excluding hydrogens is 372 g/mol. The molecule has 164 valence electrons. The minimum absolute atomic E-state index is 0.131. The fraction of sp³-hybridized carbons (Fsp3) is 0.769. The highest BCUT2D eigenvalue weighted by molar-refractivity contribution is 5.66. The van der Waals surface area contributed by atoms with Crippen LogP contribution >= 0.6 is 0 Å². The monoisotopic (exact) mass is 411 g/mol. The summed E-state index contributed by atoms with van der Waals surface area (Å²) < 4.78 is 0.894. The van der Waals surface area contributed by atoms with E-state index in [9.17, 15) is 10.2 Å². The van der Waals surface area contributed by atoms with E-state index in [0.29, 0.717) is 35.9 Å². The molecule has 4 nitrogen and oxygen atoms in total. The van der Waals surface area contributed by atoms with Crippen LogP contribution in [0.25, 0.3) is 0 Å². The van der Waals surface area contributed by atoms with Crippen molar-refractivity contribution in [1.82, 2.24) is 0 Å². The fourth-order valence-corrected chi connectivity index (χ4v) is 9.65. The molecule has 1 saturated carbocycles. The number of likely N-dealkylation sites (N-methyl/N-ethyl adjacent to an activating group) is 1. The van der Waals surface area contributed by atoms with E-state index in [4.69, 9.17) is 0 Å². The Morgan fingerprint density at radius 1 is 1.10 bits per heavy atom. The van der Waals surface area contributed by atoms with Gasteiger partial charge in [0.15, 0.2) is 6.23 Å². The Bertz CT molecular complexity index is 844. The first-order valence-corrected chi connectivity index (χ1v) is 12.6. The van der Waals surface area contributed by atoms with E-state index in [2.05, 4.69) is 50.1 Å². The predicted molar refractivity (Wildman–Crippen MR) is 119 cm³/mol. The Hall–Kier alpha value is -1.10. The second kappa shape index (κ2) is 6.46. The molecule has 0 radical (unpaired) electrons. The first-order valence-electron chi connectivity index (χ1n) is 12.6. The smallest absolute Gasteiger partial charge is 0.194 e. The summed E-state index contributed by atoms with van der Waals surface area (Å²) in [4.78, 5) is 2.50. The van der Waals surface area contributed by atoms with E-state index in [1.54, 1.807) is 0 Å². The maximum absolute atomic E-state index is 12.0. The Labute approximate surface area is 181 Å². The number of hydrogen-bond donors (Lipinski definition) is 2. The van der Waals surface area contributed by atoms with Crippen LogP contribution in [0.15, 0.2) is 24.3 Å². The van der Waals surface area contributed by atoms with Crippen molar-refractivity contribution in [1.29, 1.82) is 0 Å². The molecule has 5 heterocycles. The summed E-state index contributed by atoms with van der Waals surface area (Å²) in [7, 11) is 2.25. The molecule has 5 fully saturated rings. The Morgan fingerprint density at radius 2 is 1.90 bits per heavy atom. The van der Waals surface area contributed by atoms with E-state index in [-0.39, 0.29) is 17.7 Å². The number of piperidine rings is 4. The standard InChI is InChI=1S/C26H39N2O2/c1-4-6-7-10-13-28-20-14-17(16(5-2)25(28)30)22-21(28)15-26(24(22)29)18-11-8-9-12-19(18)27(3)23(20)26/h8-9,11-12,16-17,20-25,29-30H,4-7,10,13-15H2,1-3H3/q+1/t16-,17+,20-,21-,22-,23-,24-,25+,26+,28-/m0/s1. The molecule has 2 N–H and O–H groups in total. The van der Waals surface area contributed by atoms with Gasteiger partial charge in [-0.3, -0.25) is 4.48 Å². The van der Waals surface area contributed by atoms with Crippen LogP contribution in [-0.4, -0.2) is 58.7 Å². The van der Waals surface area contributed by atoms with Gasteiger partial charge in [0, 0.05) is 37.4 Å². The number of fused-ring (bicyclic) bond motifs is 2. The number of hydrogen-bond acceptors (Lipinski definition) is 3. The number of para-hydroxylation sites is 1. The van der Waals surface area contributed by atoms with Crippen LogP contribution < -0.4 is 4.90 Å². The summed E-state index contributed by atoms with van der Waals surface area (Å²) in [6, 6.07) is 10.0. The minimum Gasteiger partial charge on any atom is -0.392 e. The van der Waals surface area contributed by atoms with Crippen LogP contribution in [0.5, 0.6) is 0 Å². The summed E-state index contributed by atoms with van der Waals surface area (Å²) in [5.41, 5.74) is 2.57. The molecule has 7 rings (SSSR count). The van der Waals surface area contributed by atoms with Gasteiger partial charge in [0.05, 0.1) is 30.1 Å². The van der Waals surface area contributed by atoms with Gasteiger partial charge < -0.3 is 15.1 Å². The van der Waals surface area contributed by atoms with Crippen molar-refractivity contribution in [3.05, 3.63) is 29.8 Å². The molecule has 5 bridgehead atoms. The van der Waals surface area contributed by atoms with Crippen molar-refractivity contribution in [3.8, 4) is 0 Å². The molecule has 1 aromatic carbocycles. The van der Waals surface area contributed by atoms with Crippen molar-refractivity contribution in [2.24, 2.45) is 17.8 Å². The number of benzene rings is 1. The molecule has 0 unspecified atom stereocenters. The first-order chi connectivity index (χ1) is 14.5. The molecule has 4 heteroatoms. The molecule has 0 aromatic heterocycles. The Morgan fingerprint density at radius 3 is 2.67 bits per heavy atom. The molecule has 4 saturated heterocycles. The molecule has 10 atom stereocenters. The van der Waals surface area contributed by atoms with Crippen molar-refractivity contribution < 1.29 is 14.7 Å². The lowest BCUT2D eigenvalue weighted by Crippen LogP contribution is -2.83. The normalized spacial score (nSPS) is 49.6. The van der Waals surface area contributed by atoms with E-state index >= 15 is 0 Å². The van der Waals surface area contributed by atoms with Gasteiger partial charge >= 0.3 is 0 Å². The van der Waals surface area contributed by atoms with Gasteiger partial charge in [-0.25, -0.2) is 0 Å². The molecule has 6 aliphatic rings. The average molecular weight is 412 g/mol. The summed E-state index contributed by atoms with van der Waals surface area (Å²) in [5.74, 6) is 1.18. The third kappa shape index (κ3) is 1.96. The summed E-state index contributed by atoms with van der Waals surface area (Å²) in [6.07, 6.45) is 7.77. The molecular formula is C26H39N2O2+. The van der Waals surface area contributed by atoms with E-state index in [1.807, 2.05) is 0 Å². The highest BCUT2D eigenvalue weighted by Gasteiger charge is 2.82. The topological polar surface area (TPSA) is 43.7 Å². The van der Waals surface area contributed by atoms with Gasteiger partial charge in [0.2, 0.25) is 0 Å². The second-order valence-corrected chi connectivity index (χ2v) is 11.1. The van der Waals surface area contributed by atoms with Gasteiger partial charge in [-0.2, -0.15) is 0 Å². The molecule has 1 aliphatic carbocycles. The van der Waals surface area contributed by atoms with Gasteiger partial charge in [-0.15, -0.1) is 0 Å². The van der Waals surface area contributed by atoms with Gasteiger partial charge in [0.25, 0.3) is 0 Å². The summed E-state index contributed by atoms with van der Waals surface area (Å²) in [6.45, 7) is 5.62. The largest absolute Gasteiger partial charge is 0.392 e. The van der Waals surface area contributed by atoms with E-state index < -0.39 is 0 Å². The SMILES string of the molecule is CCCCCC[N@+]12[C@H](O)[C@@H](CC)[C@H]3C[C@H]1[C@@H]1N(C)c4ccccc4[C@]14C[C@H]2[C@H]3[C@@H]4O. The maximum Gasteiger partial charge on any atom is 0.194 e. The fourth-order valence-electron chi connectivity index (χ4n) is 9.65. The third-order valence-corrected chi connectivity index (χ3v) is 10.5. The number of anilines is 1. The number of unbranched alkanes of at least 4 members (excludes halogenated alkanes) is 3. The highest BCUT2D eigenvalue weighted by atomic mass is 16.3. The van der Waals surface area contributed by atoms with Crippen LogP contribution in [0.4, 0.5) is 5.69 Å². The number of aliphatic hydroxyl groups excluding tert-OH is 2. The zero-order chi connectivity index (χ0) is 20.8. The summed E-state index contributed by atoms with van der Waals surface area (Å²) in [5, 5.41) is 23.9. The predicted octanol–water partition coefficient (Wildman–Crippen LogP) is 3.65. The quantitative estimate of drug-likeness (QED) is 0.555. The van der Waals surface area contributed by atoms with Crippen LogP contribution in [0.1, 0.15) is 64.4 Å². The van der Waals surface area contributed by atoms with Gasteiger partial charge in [-0.05, 0) is 36.8 Å². The zero-order valence-electron chi connectivity index (χ0n) is 18.9. The van der Waals surface area contributed by atoms with Crippen molar-refractivity contribution >= 4 is 5.69 Å². The van der Waals surface area contributed by atoms with Crippen LogP contribution in [0.3, 0.4) is 0 Å². The average Bonchev–Trinajstić information content (AvgIpc) is 3.14. The number of rotatable bonds is 6. The lowest BCUT2D eigenvalue weighted by molar-refractivity contribution is -1.04. The van der Waals surface area contributed by atoms with Crippen molar-refractivity contribution in [3.63, 3.8) is 0 Å². The summed E-state index contributed by atoms with van der Waals surface area (Å²) >= 11 is 0. The molecule has 1 spiro atoms. The van der Waals surface area contributed by atoms with Crippen LogP contribution in [0, 0.1) is 17.8 Å². The van der Waals surface area contributed by atoms with Gasteiger partial charge in [-0.1, -0.05) is 44.9 Å². The highest BCUT2D eigenvalue weighted by Crippen LogP contribution is 2.71. The number of aliphatic hydroxyl groups is 2. The number of quaternary nitrogens is 1. The van der Waals surface area contributed by atoms with Gasteiger partial charge in [0.1, 0.15) is 6.04 Å². The lowest BCUT2D eigenvalue weighted by Gasteiger charge is -2.68. The Kier molecular flexibility index (Phi) is 4.22. The molecule has 1 aromatic rings. The second-order valence-electron chi connectivity index (χ2n) is 11.1. The third-order valence-electron chi connectivity index (χ3n) is 10.5. The van der Waals surface area contributed by atoms with Crippen molar-refractivity contribution in [2.45, 2.75) is 94.7 Å². The van der Waals surface area contributed by atoms with Crippen LogP contribution in [0.2, 0.25) is 0 Å². The van der Waals surface area contributed by atoms with E-state index in [0.717, 1.165) is 23.9 Å². The zero-order valence-corrected chi connectivity index (χ0v) is 18.9. The number of nitrogens with zero attached hydrogens (tertiary/aromatic N) is 2. The first kappa shape index (κ1) is 19.6. The van der Waals surface area contributed by atoms with Crippen LogP contribution in [-0.2, 0) is 5.41 Å². The lowest BCUT2D eigenvalue weighted by atomic mass is 9.60. The van der Waals surface area contributed by atoms with Crippen molar-refractivity contribution in [2.75, 3.05) is 18.5 Å². The minimum atomic E-state index is -0.272. The van der Waals surface area contributed by atoms with E-state index in [1.165, 1.54) is 43.4 Å². The maximum atomic E-state index is 12.0. The Balaban J connectivity index is 1.50. The molecule has 5 aliphatic heterocycles. The molecule has 30 heavy (non-hydrogen) atoms. The molecule has 0 amide bonds.